The zero-order valence-corrected chi connectivity index (χ0v) is 15.6. The molecule has 0 amide bonds. The molecule has 3 N–H and O–H groups in total. The normalized spacial score (nSPS) is 15.3. The number of pyridine rings is 1. The molecule has 2 atom stereocenters. The largest absolute Gasteiger partial charge is 0.481 e. The molecule has 0 spiro atoms. The molecular formula is C22H25NO4. The van der Waals surface area contributed by atoms with Crippen molar-refractivity contribution in [1.82, 2.24) is 4.98 Å². The maximum atomic E-state index is 10.6. The Bertz CT molecular complexity index is 888. The first-order valence-electron chi connectivity index (χ1n) is 9.17. The number of carboxylic acids is 1. The molecule has 5 heteroatoms. The predicted octanol–water partition coefficient (Wildman–Crippen LogP) is 2.79. The summed E-state index contributed by atoms with van der Waals surface area (Å²) >= 11 is 0. The van der Waals surface area contributed by atoms with Crippen molar-refractivity contribution in [2.75, 3.05) is 0 Å². The van der Waals surface area contributed by atoms with Crippen LogP contribution in [0.15, 0.2) is 30.3 Å². The van der Waals surface area contributed by atoms with E-state index in [0.29, 0.717) is 0 Å². The molecule has 1 aliphatic carbocycles. The SMILES string of the molecule is Cc1nc2c(c(C)c1/C=C/C(O)CC(O)CC(=O)O)Cc1ccccc1C2. The number of hydrogen-bond donors (Lipinski definition) is 3. The minimum atomic E-state index is -1.08. The van der Waals surface area contributed by atoms with E-state index in [9.17, 15) is 15.0 Å². The molecule has 0 bridgehead atoms. The molecule has 0 saturated carbocycles. The van der Waals surface area contributed by atoms with Crippen LogP contribution in [0.25, 0.3) is 6.08 Å². The van der Waals surface area contributed by atoms with E-state index in [0.717, 1.165) is 35.4 Å². The predicted molar refractivity (Wildman–Crippen MR) is 104 cm³/mol. The van der Waals surface area contributed by atoms with E-state index in [-0.39, 0.29) is 12.8 Å². The number of aliphatic hydroxyl groups excluding tert-OH is 2. The van der Waals surface area contributed by atoms with Crippen molar-refractivity contribution in [1.29, 1.82) is 0 Å². The van der Waals surface area contributed by atoms with Gasteiger partial charge in [0.1, 0.15) is 0 Å². The van der Waals surface area contributed by atoms with E-state index in [1.165, 1.54) is 16.7 Å². The summed E-state index contributed by atoms with van der Waals surface area (Å²) in [5, 5.41) is 28.4. The molecular weight excluding hydrogens is 342 g/mol. The Hall–Kier alpha value is -2.50. The Balaban J connectivity index is 1.80. The first-order chi connectivity index (χ1) is 12.8. The van der Waals surface area contributed by atoms with Gasteiger partial charge in [-0.3, -0.25) is 9.78 Å². The molecule has 2 unspecified atom stereocenters. The molecule has 0 aliphatic heterocycles. The Morgan fingerprint density at radius 2 is 1.85 bits per heavy atom. The number of benzene rings is 1. The van der Waals surface area contributed by atoms with Crippen LogP contribution in [0.4, 0.5) is 0 Å². The lowest BCUT2D eigenvalue weighted by molar-refractivity contribution is -0.139. The highest BCUT2D eigenvalue weighted by Crippen LogP contribution is 2.31. The average molecular weight is 367 g/mol. The fourth-order valence-electron chi connectivity index (χ4n) is 3.73. The standard InChI is InChI=1S/C22H25NO4/c1-13-19(8-7-17(24)11-18(25)12-22(26)27)14(2)23-21-10-16-6-4-3-5-15(16)9-20(13)21/h3-8,17-18,24-25H,9-12H2,1-2H3,(H,26,27)/b8-7+. The second kappa shape index (κ2) is 8.03. The molecule has 0 radical (unpaired) electrons. The highest BCUT2D eigenvalue weighted by atomic mass is 16.4. The van der Waals surface area contributed by atoms with Crippen LogP contribution in [0.2, 0.25) is 0 Å². The Morgan fingerprint density at radius 3 is 2.52 bits per heavy atom. The van der Waals surface area contributed by atoms with E-state index < -0.39 is 18.2 Å². The molecule has 1 heterocycles. The topological polar surface area (TPSA) is 90.7 Å². The van der Waals surface area contributed by atoms with Crippen LogP contribution in [-0.4, -0.2) is 38.5 Å². The van der Waals surface area contributed by atoms with E-state index >= 15 is 0 Å². The summed E-state index contributed by atoms with van der Waals surface area (Å²) in [5.41, 5.74) is 8.02. The van der Waals surface area contributed by atoms with Crippen LogP contribution in [-0.2, 0) is 17.6 Å². The number of aromatic nitrogens is 1. The molecule has 2 aromatic rings. The Labute approximate surface area is 159 Å². The van der Waals surface area contributed by atoms with Gasteiger partial charge in [0, 0.05) is 24.2 Å². The van der Waals surface area contributed by atoms with Gasteiger partial charge in [-0.2, -0.15) is 0 Å². The first-order valence-corrected chi connectivity index (χ1v) is 9.17. The second-order valence-corrected chi connectivity index (χ2v) is 7.20. The number of carboxylic acid groups (broad SMARTS) is 1. The summed E-state index contributed by atoms with van der Waals surface area (Å²) in [6.45, 7) is 4.03. The van der Waals surface area contributed by atoms with Gasteiger partial charge in [0.05, 0.1) is 18.6 Å². The van der Waals surface area contributed by atoms with Gasteiger partial charge in [0.25, 0.3) is 0 Å². The lowest BCUT2D eigenvalue weighted by atomic mass is 9.85. The number of nitrogens with zero attached hydrogens (tertiary/aromatic N) is 1. The van der Waals surface area contributed by atoms with Gasteiger partial charge in [-0.05, 0) is 48.1 Å². The maximum Gasteiger partial charge on any atom is 0.305 e. The molecule has 1 aliphatic rings. The smallest absolute Gasteiger partial charge is 0.305 e. The highest BCUT2D eigenvalue weighted by Gasteiger charge is 2.20. The lowest BCUT2D eigenvalue weighted by Crippen LogP contribution is -2.19. The molecule has 1 aromatic heterocycles. The first kappa shape index (κ1) is 19.3. The van der Waals surface area contributed by atoms with Crippen molar-refractivity contribution >= 4 is 12.0 Å². The van der Waals surface area contributed by atoms with Crippen LogP contribution >= 0.6 is 0 Å². The number of fused-ring (bicyclic) bond motifs is 2. The molecule has 1 aromatic carbocycles. The third kappa shape index (κ3) is 4.43. The fourth-order valence-corrected chi connectivity index (χ4v) is 3.73. The monoisotopic (exact) mass is 367 g/mol. The van der Waals surface area contributed by atoms with Crippen LogP contribution in [0, 0.1) is 13.8 Å². The van der Waals surface area contributed by atoms with E-state index in [1.54, 1.807) is 6.08 Å². The van der Waals surface area contributed by atoms with Crippen LogP contribution < -0.4 is 0 Å². The van der Waals surface area contributed by atoms with Crippen LogP contribution in [0.3, 0.4) is 0 Å². The summed E-state index contributed by atoms with van der Waals surface area (Å²) in [5.74, 6) is -1.08. The second-order valence-electron chi connectivity index (χ2n) is 7.20. The molecule has 27 heavy (non-hydrogen) atoms. The third-order valence-electron chi connectivity index (χ3n) is 5.15. The van der Waals surface area contributed by atoms with Crippen molar-refractivity contribution in [3.63, 3.8) is 0 Å². The zero-order valence-electron chi connectivity index (χ0n) is 15.6. The van der Waals surface area contributed by atoms with E-state index in [4.69, 9.17) is 10.1 Å². The van der Waals surface area contributed by atoms with Gasteiger partial charge in [-0.15, -0.1) is 0 Å². The van der Waals surface area contributed by atoms with Gasteiger partial charge in [0.15, 0.2) is 0 Å². The Morgan fingerprint density at radius 1 is 1.19 bits per heavy atom. The van der Waals surface area contributed by atoms with Crippen LogP contribution in [0.5, 0.6) is 0 Å². The van der Waals surface area contributed by atoms with E-state index in [1.807, 2.05) is 13.0 Å². The zero-order chi connectivity index (χ0) is 19.6. The summed E-state index contributed by atoms with van der Waals surface area (Å²) in [7, 11) is 0. The minimum absolute atomic E-state index is 0.00730. The molecule has 142 valence electrons. The molecule has 3 rings (SSSR count). The van der Waals surface area contributed by atoms with Gasteiger partial charge < -0.3 is 15.3 Å². The number of hydrogen-bond acceptors (Lipinski definition) is 4. The minimum Gasteiger partial charge on any atom is -0.481 e. The molecule has 0 saturated heterocycles. The fraction of sp³-hybridized carbons (Fsp3) is 0.364. The summed E-state index contributed by atoms with van der Waals surface area (Å²) in [6, 6.07) is 8.42. The van der Waals surface area contributed by atoms with Crippen molar-refractivity contribution in [2.24, 2.45) is 0 Å². The van der Waals surface area contributed by atoms with Crippen molar-refractivity contribution < 1.29 is 20.1 Å². The number of rotatable bonds is 6. The summed E-state index contributed by atoms with van der Waals surface area (Å²) in [4.78, 5) is 15.4. The quantitative estimate of drug-likeness (QED) is 0.623. The number of carbonyl (C=O) groups is 1. The maximum absolute atomic E-state index is 10.6. The van der Waals surface area contributed by atoms with Gasteiger partial charge in [-0.1, -0.05) is 36.4 Å². The molecule has 5 nitrogen and oxygen atoms in total. The highest BCUT2D eigenvalue weighted by molar-refractivity contribution is 5.67. The van der Waals surface area contributed by atoms with Gasteiger partial charge in [-0.25, -0.2) is 0 Å². The summed E-state index contributed by atoms with van der Waals surface area (Å²) in [6.07, 6.45) is 2.77. The molecule has 0 fully saturated rings. The van der Waals surface area contributed by atoms with Crippen LogP contribution in [0.1, 0.15) is 52.0 Å². The lowest BCUT2D eigenvalue weighted by Gasteiger charge is -2.23. The average Bonchev–Trinajstić information content (AvgIpc) is 2.59. The van der Waals surface area contributed by atoms with Crippen molar-refractivity contribution in [3.8, 4) is 0 Å². The number of aliphatic hydroxyl groups is 2. The van der Waals surface area contributed by atoms with Crippen molar-refractivity contribution in [2.45, 2.75) is 51.7 Å². The third-order valence-corrected chi connectivity index (χ3v) is 5.15. The van der Waals surface area contributed by atoms with E-state index in [2.05, 4.69) is 31.2 Å². The van der Waals surface area contributed by atoms with Crippen molar-refractivity contribution in [3.05, 3.63) is 69.5 Å². The Kier molecular flexibility index (Phi) is 5.73. The number of aryl methyl sites for hydroxylation is 1. The van der Waals surface area contributed by atoms with Gasteiger partial charge in [0.2, 0.25) is 0 Å². The number of aliphatic carboxylic acids is 1. The summed E-state index contributed by atoms with van der Waals surface area (Å²) < 4.78 is 0. The van der Waals surface area contributed by atoms with Gasteiger partial charge >= 0.3 is 5.97 Å².